The number of hydrogen-bond acceptors (Lipinski definition) is 4. The lowest BCUT2D eigenvalue weighted by atomic mass is 9.90. The summed E-state index contributed by atoms with van der Waals surface area (Å²) < 4.78 is 7.90. The lowest BCUT2D eigenvalue weighted by molar-refractivity contribution is -0.0532. The number of nitrogens with zero attached hydrogens (tertiary/aromatic N) is 3. The monoisotopic (exact) mass is 390 g/mol. The molecule has 29 heavy (non-hydrogen) atoms. The van der Waals surface area contributed by atoms with Gasteiger partial charge in [0.1, 0.15) is 5.52 Å². The Balaban J connectivity index is 1.33. The molecule has 2 aliphatic heterocycles. The van der Waals surface area contributed by atoms with Crippen LogP contribution in [0, 0.1) is 0 Å². The van der Waals surface area contributed by atoms with Crippen LogP contribution in [-0.2, 0) is 11.3 Å². The quantitative estimate of drug-likeness (QED) is 0.742. The van der Waals surface area contributed by atoms with Gasteiger partial charge in [0.2, 0.25) is 0 Å². The molecule has 6 nitrogen and oxygen atoms in total. The zero-order chi connectivity index (χ0) is 19.8. The van der Waals surface area contributed by atoms with E-state index in [-0.39, 0.29) is 5.60 Å². The van der Waals surface area contributed by atoms with Crippen molar-refractivity contribution in [2.75, 3.05) is 19.7 Å². The molecular formula is C23H26N4O2. The number of piperidine rings is 1. The van der Waals surface area contributed by atoms with E-state index in [0.29, 0.717) is 11.1 Å². The first kappa shape index (κ1) is 18.3. The summed E-state index contributed by atoms with van der Waals surface area (Å²) in [6.45, 7) is 4.03. The molecule has 1 atom stereocenters. The summed E-state index contributed by atoms with van der Waals surface area (Å²) in [4.78, 5) is 14.2. The molecule has 1 aromatic heterocycles. The molecule has 2 aromatic carbocycles. The Morgan fingerprint density at radius 1 is 1.14 bits per heavy atom. The third-order valence-corrected chi connectivity index (χ3v) is 6.21. The Bertz CT molecular complexity index is 1030. The number of benzene rings is 2. The summed E-state index contributed by atoms with van der Waals surface area (Å²) in [5, 5.41) is 5.49. The van der Waals surface area contributed by atoms with Gasteiger partial charge in [-0.15, -0.1) is 0 Å². The maximum atomic E-state index is 11.6. The molecule has 2 fully saturated rings. The van der Waals surface area contributed by atoms with Gasteiger partial charge in [-0.25, -0.2) is 4.68 Å². The normalized spacial score (nSPS) is 22.5. The van der Waals surface area contributed by atoms with Crippen LogP contribution in [-0.4, -0.2) is 45.9 Å². The SMILES string of the molecule is NC(=O)c1cccc2cn(-c3ccc(CN4CCCC5(CCCO5)C4)cc3)nc12. The predicted molar refractivity (Wildman–Crippen MR) is 112 cm³/mol. The van der Waals surface area contributed by atoms with E-state index in [1.807, 2.05) is 23.0 Å². The van der Waals surface area contributed by atoms with E-state index in [1.54, 1.807) is 6.07 Å². The number of amides is 1. The van der Waals surface area contributed by atoms with Crippen molar-refractivity contribution < 1.29 is 9.53 Å². The van der Waals surface area contributed by atoms with E-state index in [0.717, 1.165) is 37.3 Å². The molecule has 6 heteroatoms. The van der Waals surface area contributed by atoms with Gasteiger partial charge in [0.25, 0.3) is 5.91 Å². The molecule has 3 aromatic rings. The lowest BCUT2D eigenvalue weighted by Crippen LogP contribution is -2.47. The van der Waals surface area contributed by atoms with Crippen LogP contribution in [0.15, 0.2) is 48.7 Å². The second-order valence-electron chi connectivity index (χ2n) is 8.30. The molecule has 0 saturated carbocycles. The second kappa shape index (κ2) is 7.28. The Kier molecular flexibility index (Phi) is 4.60. The molecule has 0 radical (unpaired) electrons. The Hall–Kier alpha value is -2.70. The van der Waals surface area contributed by atoms with Crippen LogP contribution in [0.1, 0.15) is 41.6 Å². The van der Waals surface area contributed by atoms with Crippen LogP contribution >= 0.6 is 0 Å². The molecule has 2 aliphatic rings. The standard InChI is InChI=1S/C23H26N4O2/c24-22(28)20-5-1-4-18-15-27(25-21(18)20)19-8-6-17(7-9-19)14-26-12-2-10-23(16-26)11-3-13-29-23/h1,4-9,15H,2-3,10-14,16H2,(H2,24,28). The average molecular weight is 390 g/mol. The summed E-state index contributed by atoms with van der Waals surface area (Å²) in [7, 11) is 0. The minimum atomic E-state index is -0.457. The number of primary amides is 1. The molecule has 0 bridgehead atoms. The second-order valence-corrected chi connectivity index (χ2v) is 8.30. The first-order valence-electron chi connectivity index (χ1n) is 10.4. The molecule has 1 unspecified atom stereocenters. The van der Waals surface area contributed by atoms with E-state index >= 15 is 0 Å². The summed E-state index contributed by atoms with van der Waals surface area (Å²) in [6.07, 6.45) is 6.73. The highest BCUT2D eigenvalue weighted by atomic mass is 16.5. The molecule has 150 valence electrons. The topological polar surface area (TPSA) is 73.4 Å². The minimum Gasteiger partial charge on any atom is -0.374 e. The highest BCUT2D eigenvalue weighted by Gasteiger charge is 2.39. The van der Waals surface area contributed by atoms with Crippen LogP contribution in [0.5, 0.6) is 0 Å². The van der Waals surface area contributed by atoms with Crippen molar-refractivity contribution in [1.29, 1.82) is 0 Å². The van der Waals surface area contributed by atoms with E-state index in [4.69, 9.17) is 10.5 Å². The number of ether oxygens (including phenoxy) is 1. The summed E-state index contributed by atoms with van der Waals surface area (Å²) in [5.74, 6) is -0.457. The smallest absolute Gasteiger partial charge is 0.250 e. The van der Waals surface area contributed by atoms with Crippen LogP contribution in [0.2, 0.25) is 0 Å². The molecule has 5 rings (SSSR count). The Morgan fingerprint density at radius 2 is 1.97 bits per heavy atom. The Morgan fingerprint density at radius 3 is 2.72 bits per heavy atom. The average Bonchev–Trinajstić information content (AvgIpc) is 3.35. The summed E-state index contributed by atoms with van der Waals surface area (Å²) in [6, 6.07) is 14.0. The summed E-state index contributed by atoms with van der Waals surface area (Å²) >= 11 is 0. The number of hydrogen-bond donors (Lipinski definition) is 1. The van der Waals surface area contributed by atoms with Gasteiger partial charge >= 0.3 is 0 Å². The fourth-order valence-corrected chi connectivity index (χ4v) is 4.79. The fraction of sp³-hybridized carbons (Fsp3) is 0.391. The van der Waals surface area contributed by atoms with Crippen molar-refractivity contribution in [1.82, 2.24) is 14.7 Å². The molecule has 1 spiro atoms. The predicted octanol–water partition coefficient (Wildman–Crippen LogP) is 3.27. The van der Waals surface area contributed by atoms with Crippen molar-refractivity contribution in [3.05, 3.63) is 59.8 Å². The van der Waals surface area contributed by atoms with E-state index in [1.165, 1.54) is 31.2 Å². The van der Waals surface area contributed by atoms with Crippen molar-refractivity contribution in [2.24, 2.45) is 5.73 Å². The maximum Gasteiger partial charge on any atom is 0.250 e. The Labute approximate surface area is 170 Å². The number of carbonyl (C=O) groups excluding carboxylic acids is 1. The number of aromatic nitrogens is 2. The van der Waals surface area contributed by atoms with Gasteiger partial charge in [-0.3, -0.25) is 9.69 Å². The van der Waals surface area contributed by atoms with Gasteiger partial charge in [0.05, 0.1) is 16.9 Å². The number of carbonyl (C=O) groups is 1. The third kappa shape index (κ3) is 3.54. The van der Waals surface area contributed by atoms with Gasteiger partial charge in [0, 0.05) is 31.3 Å². The van der Waals surface area contributed by atoms with Gasteiger partial charge in [-0.1, -0.05) is 24.3 Å². The fourth-order valence-electron chi connectivity index (χ4n) is 4.79. The van der Waals surface area contributed by atoms with Crippen molar-refractivity contribution in [3.8, 4) is 5.69 Å². The van der Waals surface area contributed by atoms with Crippen molar-refractivity contribution in [3.63, 3.8) is 0 Å². The molecule has 1 amide bonds. The zero-order valence-corrected chi connectivity index (χ0v) is 16.5. The molecule has 3 heterocycles. The molecule has 2 saturated heterocycles. The zero-order valence-electron chi connectivity index (χ0n) is 16.5. The number of fused-ring (bicyclic) bond motifs is 1. The highest BCUT2D eigenvalue weighted by molar-refractivity contribution is 6.04. The maximum absolute atomic E-state index is 11.6. The van der Waals surface area contributed by atoms with Gasteiger partial charge in [-0.05, 0) is 56.0 Å². The van der Waals surface area contributed by atoms with Gasteiger partial charge in [-0.2, -0.15) is 5.10 Å². The molecule has 0 aliphatic carbocycles. The number of rotatable bonds is 4. The van der Waals surface area contributed by atoms with Crippen LogP contribution in [0.4, 0.5) is 0 Å². The first-order valence-corrected chi connectivity index (χ1v) is 10.4. The minimum absolute atomic E-state index is 0.103. The van der Waals surface area contributed by atoms with Crippen LogP contribution < -0.4 is 5.73 Å². The highest BCUT2D eigenvalue weighted by Crippen LogP contribution is 2.34. The first-order chi connectivity index (χ1) is 14.1. The van der Waals surface area contributed by atoms with Gasteiger partial charge in [0.15, 0.2) is 0 Å². The van der Waals surface area contributed by atoms with Crippen LogP contribution in [0.25, 0.3) is 16.6 Å². The van der Waals surface area contributed by atoms with E-state index in [9.17, 15) is 4.79 Å². The van der Waals surface area contributed by atoms with Gasteiger partial charge < -0.3 is 10.5 Å². The van der Waals surface area contributed by atoms with Crippen molar-refractivity contribution in [2.45, 2.75) is 37.8 Å². The van der Waals surface area contributed by atoms with Crippen LogP contribution in [0.3, 0.4) is 0 Å². The largest absolute Gasteiger partial charge is 0.374 e. The number of likely N-dealkylation sites (tertiary alicyclic amines) is 1. The lowest BCUT2D eigenvalue weighted by Gasteiger charge is -2.39. The summed E-state index contributed by atoms with van der Waals surface area (Å²) in [5.41, 5.74) is 8.93. The number of nitrogens with two attached hydrogens (primary N) is 1. The third-order valence-electron chi connectivity index (χ3n) is 6.21. The van der Waals surface area contributed by atoms with Crippen molar-refractivity contribution >= 4 is 16.8 Å². The molecular weight excluding hydrogens is 364 g/mol. The van der Waals surface area contributed by atoms with E-state index in [2.05, 4.69) is 34.3 Å². The molecule has 2 N–H and O–H groups in total. The van der Waals surface area contributed by atoms with E-state index < -0.39 is 5.91 Å².